The summed E-state index contributed by atoms with van der Waals surface area (Å²) >= 11 is 2.01. The molecule has 1 aliphatic rings. The second-order valence-electron chi connectivity index (χ2n) is 5.73. The topological polar surface area (TPSA) is 12.0 Å². The first kappa shape index (κ1) is 14.5. The molecule has 0 bridgehead atoms. The Labute approximate surface area is 132 Å². The smallest absolute Gasteiger partial charge is 0.0340 e. The molecule has 2 aromatic rings. The minimum atomic E-state index is 0.655. The van der Waals surface area contributed by atoms with Gasteiger partial charge in [0.05, 0.1) is 0 Å². The maximum Gasteiger partial charge on any atom is 0.0340 e. The summed E-state index contributed by atoms with van der Waals surface area (Å²) < 4.78 is 0. The zero-order valence-corrected chi connectivity index (χ0v) is 13.5. The summed E-state index contributed by atoms with van der Waals surface area (Å²) in [6.07, 6.45) is 4.93. The average molecular weight is 297 g/mol. The van der Waals surface area contributed by atoms with E-state index in [1.807, 2.05) is 11.8 Å². The van der Waals surface area contributed by atoms with Crippen LogP contribution in [0, 0.1) is 0 Å². The minimum Gasteiger partial charge on any atom is -0.384 e. The second kappa shape index (κ2) is 7.04. The Bertz CT molecular complexity index is 551. The van der Waals surface area contributed by atoms with Gasteiger partial charge in [-0.2, -0.15) is 0 Å². The molecule has 21 heavy (non-hydrogen) atoms. The quantitative estimate of drug-likeness (QED) is 0.790. The van der Waals surface area contributed by atoms with Gasteiger partial charge in [-0.05, 0) is 48.6 Å². The first-order valence-electron chi connectivity index (χ1n) is 7.92. The van der Waals surface area contributed by atoms with Crippen molar-refractivity contribution in [2.24, 2.45) is 0 Å². The van der Waals surface area contributed by atoms with Crippen molar-refractivity contribution in [2.75, 3.05) is 11.9 Å². The summed E-state index contributed by atoms with van der Waals surface area (Å²) in [4.78, 5) is 1.46. The molecule has 3 rings (SSSR count). The van der Waals surface area contributed by atoms with E-state index in [2.05, 4.69) is 60.8 Å². The van der Waals surface area contributed by atoms with Gasteiger partial charge >= 0.3 is 0 Å². The molecule has 1 heterocycles. The molecule has 0 saturated carbocycles. The molecule has 1 N–H and O–H groups in total. The molecule has 0 aliphatic carbocycles. The van der Waals surface area contributed by atoms with Crippen LogP contribution in [0.2, 0.25) is 0 Å². The molecule has 1 atom stereocenters. The molecule has 110 valence electrons. The highest BCUT2D eigenvalue weighted by Crippen LogP contribution is 2.36. The third kappa shape index (κ3) is 3.82. The maximum atomic E-state index is 3.58. The van der Waals surface area contributed by atoms with E-state index in [4.69, 9.17) is 0 Å². The molecule has 1 aliphatic heterocycles. The number of anilines is 1. The predicted molar refractivity (Wildman–Crippen MR) is 93.3 cm³/mol. The standard InChI is InChI=1S/C19H23NS/c1-2-3-6-15-9-11-17(12-10-15)20-14-18-13-16-7-4-5-8-19(16)21-18/h4-5,7-12,18,20H,2-3,6,13-14H2,1H3. The Balaban J connectivity index is 1.50. The lowest BCUT2D eigenvalue weighted by atomic mass is 10.1. The number of hydrogen-bond acceptors (Lipinski definition) is 2. The van der Waals surface area contributed by atoms with Crippen molar-refractivity contribution in [1.29, 1.82) is 0 Å². The van der Waals surface area contributed by atoms with Crippen LogP contribution in [0.1, 0.15) is 30.9 Å². The number of unbranched alkanes of at least 4 members (excludes halogenated alkanes) is 1. The first-order valence-corrected chi connectivity index (χ1v) is 8.80. The zero-order chi connectivity index (χ0) is 14.5. The van der Waals surface area contributed by atoms with Gasteiger partial charge in [0.2, 0.25) is 0 Å². The Morgan fingerprint density at radius 2 is 1.90 bits per heavy atom. The Hall–Kier alpha value is -1.41. The SMILES string of the molecule is CCCCc1ccc(NCC2Cc3ccccc3S2)cc1. The van der Waals surface area contributed by atoms with Crippen LogP contribution < -0.4 is 5.32 Å². The number of thioether (sulfide) groups is 1. The monoisotopic (exact) mass is 297 g/mol. The van der Waals surface area contributed by atoms with E-state index >= 15 is 0 Å². The Morgan fingerprint density at radius 3 is 2.67 bits per heavy atom. The molecular weight excluding hydrogens is 274 g/mol. The molecular formula is C19H23NS. The highest BCUT2D eigenvalue weighted by atomic mass is 32.2. The van der Waals surface area contributed by atoms with Gasteiger partial charge in [0.15, 0.2) is 0 Å². The van der Waals surface area contributed by atoms with Crippen LogP contribution in [-0.2, 0) is 12.8 Å². The summed E-state index contributed by atoms with van der Waals surface area (Å²) in [5.41, 5.74) is 4.20. The second-order valence-corrected chi connectivity index (χ2v) is 7.08. The van der Waals surface area contributed by atoms with Gasteiger partial charge in [0.25, 0.3) is 0 Å². The van der Waals surface area contributed by atoms with Gasteiger partial charge in [-0.3, -0.25) is 0 Å². The molecule has 0 saturated heterocycles. The van der Waals surface area contributed by atoms with Crippen molar-refractivity contribution in [3.63, 3.8) is 0 Å². The van der Waals surface area contributed by atoms with Gasteiger partial charge in [-0.25, -0.2) is 0 Å². The molecule has 0 aromatic heterocycles. The minimum absolute atomic E-state index is 0.655. The van der Waals surface area contributed by atoms with Gasteiger partial charge in [0, 0.05) is 22.4 Å². The molecule has 1 unspecified atom stereocenters. The van der Waals surface area contributed by atoms with Gasteiger partial charge in [-0.15, -0.1) is 11.8 Å². The fourth-order valence-electron chi connectivity index (χ4n) is 2.77. The summed E-state index contributed by atoms with van der Waals surface area (Å²) in [5.74, 6) is 0. The van der Waals surface area contributed by atoms with E-state index in [9.17, 15) is 0 Å². The van der Waals surface area contributed by atoms with Crippen molar-refractivity contribution in [3.8, 4) is 0 Å². The molecule has 0 radical (unpaired) electrons. The lowest BCUT2D eigenvalue weighted by molar-refractivity contribution is 0.795. The average Bonchev–Trinajstić information content (AvgIpc) is 2.95. The number of benzene rings is 2. The summed E-state index contributed by atoms with van der Waals surface area (Å²) in [6, 6.07) is 17.7. The zero-order valence-electron chi connectivity index (χ0n) is 12.6. The number of rotatable bonds is 6. The molecule has 2 aromatic carbocycles. The van der Waals surface area contributed by atoms with Gasteiger partial charge < -0.3 is 5.32 Å². The van der Waals surface area contributed by atoms with Crippen LogP contribution in [0.5, 0.6) is 0 Å². The molecule has 1 nitrogen and oxygen atoms in total. The van der Waals surface area contributed by atoms with Crippen LogP contribution in [0.25, 0.3) is 0 Å². The van der Waals surface area contributed by atoms with Crippen molar-refractivity contribution in [1.82, 2.24) is 0 Å². The molecule has 0 fully saturated rings. The van der Waals surface area contributed by atoms with Crippen LogP contribution in [0.15, 0.2) is 53.4 Å². The summed E-state index contributed by atoms with van der Waals surface area (Å²) in [7, 11) is 0. The number of nitrogens with one attached hydrogen (secondary N) is 1. The highest BCUT2D eigenvalue weighted by molar-refractivity contribution is 8.00. The fraction of sp³-hybridized carbons (Fsp3) is 0.368. The lowest BCUT2D eigenvalue weighted by Crippen LogP contribution is -2.15. The summed E-state index contributed by atoms with van der Waals surface area (Å²) in [5, 5.41) is 4.24. The number of fused-ring (bicyclic) bond motifs is 1. The van der Waals surface area contributed by atoms with Crippen LogP contribution in [0.3, 0.4) is 0 Å². The van der Waals surface area contributed by atoms with Crippen LogP contribution in [0.4, 0.5) is 5.69 Å². The third-order valence-corrected chi connectivity index (χ3v) is 5.34. The molecule has 2 heteroatoms. The number of aryl methyl sites for hydroxylation is 1. The van der Waals surface area contributed by atoms with Crippen LogP contribution >= 0.6 is 11.8 Å². The number of hydrogen-bond donors (Lipinski definition) is 1. The summed E-state index contributed by atoms with van der Waals surface area (Å²) in [6.45, 7) is 3.28. The van der Waals surface area contributed by atoms with E-state index in [1.54, 1.807) is 0 Å². The van der Waals surface area contributed by atoms with Gasteiger partial charge in [0.1, 0.15) is 0 Å². The van der Waals surface area contributed by atoms with Crippen molar-refractivity contribution < 1.29 is 0 Å². The Kier molecular flexibility index (Phi) is 4.87. The third-order valence-electron chi connectivity index (χ3n) is 4.02. The lowest BCUT2D eigenvalue weighted by Gasteiger charge is -2.12. The van der Waals surface area contributed by atoms with Crippen molar-refractivity contribution in [2.45, 2.75) is 42.8 Å². The van der Waals surface area contributed by atoms with Crippen molar-refractivity contribution >= 4 is 17.4 Å². The van der Waals surface area contributed by atoms with E-state index in [0.717, 1.165) is 6.54 Å². The molecule has 0 spiro atoms. The largest absolute Gasteiger partial charge is 0.384 e. The maximum absolute atomic E-state index is 3.58. The predicted octanol–water partition coefficient (Wildman–Crippen LogP) is 5.16. The highest BCUT2D eigenvalue weighted by Gasteiger charge is 2.21. The Morgan fingerprint density at radius 1 is 1.10 bits per heavy atom. The van der Waals surface area contributed by atoms with E-state index in [1.165, 1.54) is 47.4 Å². The molecule has 0 amide bonds. The van der Waals surface area contributed by atoms with E-state index in [-0.39, 0.29) is 0 Å². The normalized spacial score (nSPS) is 16.7. The fourth-order valence-corrected chi connectivity index (χ4v) is 4.02. The van der Waals surface area contributed by atoms with Gasteiger partial charge in [-0.1, -0.05) is 43.7 Å². The van der Waals surface area contributed by atoms with E-state index in [0.29, 0.717) is 5.25 Å². The van der Waals surface area contributed by atoms with Crippen LogP contribution in [-0.4, -0.2) is 11.8 Å². The first-order chi connectivity index (χ1) is 10.3. The van der Waals surface area contributed by atoms with Crippen molar-refractivity contribution in [3.05, 3.63) is 59.7 Å². The van der Waals surface area contributed by atoms with E-state index < -0.39 is 0 Å².